The van der Waals surface area contributed by atoms with Crippen LogP contribution < -0.4 is 0 Å². The van der Waals surface area contributed by atoms with Crippen LogP contribution in [0.3, 0.4) is 0 Å². The molecule has 0 N–H and O–H groups in total. The van der Waals surface area contributed by atoms with Gasteiger partial charge in [-0.2, -0.15) is 5.26 Å². The van der Waals surface area contributed by atoms with Gasteiger partial charge in [0, 0.05) is 0 Å². The molecule has 0 radical (unpaired) electrons. The van der Waals surface area contributed by atoms with Crippen molar-refractivity contribution >= 4 is 6.01 Å². The Morgan fingerprint density at radius 3 is 2.38 bits per heavy atom. The Morgan fingerprint density at radius 1 is 1.54 bits per heavy atom. The molecule has 1 heterocycles. The van der Waals surface area contributed by atoms with Crippen LogP contribution in [0, 0.1) is 11.5 Å². The number of likely N-dealkylation sites (N-methyl/N-ethyl adjacent to an activating group) is 1. The van der Waals surface area contributed by atoms with Gasteiger partial charge in [-0.1, -0.05) is 13.3 Å². The SMILES string of the molecule is CCCC[N+]1(C)CC1.N#CN=C=[N-]. The van der Waals surface area contributed by atoms with Crippen LogP contribution in [0.2, 0.25) is 0 Å². The lowest BCUT2D eigenvalue weighted by molar-refractivity contribution is -0.777. The summed E-state index contributed by atoms with van der Waals surface area (Å²) in [7, 11) is 2.34. The van der Waals surface area contributed by atoms with Crippen LogP contribution in [0.4, 0.5) is 0 Å². The minimum atomic E-state index is 1.28. The number of aliphatic imine (C=N–C) groups is 1. The molecule has 13 heavy (non-hydrogen) atoms. The normalized spacial score (nSPS) is 15.8. The fourth-order valence-corrected chi connectivity index (χ4v) is 0.957. The molecule has 1 fully saturated rings. The number of nitrogens with zero attached hydrogens (tertiary/aromatic N) is 4. The Kier molecular flexibility index (Phi) is 5.79. The molecule has 0 unspecified atom stereocenters. The molecular weight excluding hydrogens is 164 g/mol. The highest BCUT2D eigenvalue weighted by molar-refractivity contribution is 5.46. The molecule has 4 nitrogen and oxygen atoms in total. The summed E-state index contributed by atoms with van der Waals surface area (Å²) in [6.07, 6.45) is 4.05. The van der Waals surface area contributed by atoms with Crippen molar-refractivity contribution in [3.05, 3.63) is 5.41 Å². The highest BCUT2D eigenvalue weighted by Crippen LogP contribution is 2.16. The second-order valence-corrected chi connectivity index (χ2v) is 3.46. The molecule has 1 saturated heterocycles. The zero-order chi connectivity index (χ0) is 10.2. The van der Waals surface area contributed by atoms with Gasteiger partial charge in [-0.15, -0.1) is 6.01 Å². The van der Waals surface area contributed by atoms with E-state index in [-0.39, 0.29) is 0 Å². The molecular formula is C9H16N4. The summed E-state index contributed by atoms with van der Waals surface area (Å²) in [5.41, 5.74) is 0. The molecule has 1 aliphatic rings. The second-order valence-electron chi connectivity index (χ2n) is 3.46. The molecule has 4 heteroatoms. The van der Waals surface area contributed by atoms with E-state index >= 15 is 0 Å². The summed E-state index contributed by atoms with van der Waals surface area (Å²) >= 11 is 0. The van der Waals surface area contributed by atoms with E-state index < -0.39 is 0 Å². The average Bonchev–Trinajstić information content (AvgIpc) is 2.84. The van der Waals surface area contributed by atoms with Gasteiger partial charge in [0.1, 0.15) is 13.1 Å². The van der Waals surface area contributed by atoms with E-state index in [2.05, 4.69) is 19.0 Å². The van der Waals surface area contributed by atoms with E-state index in [4.69, 9.17) is 10.7 Å². The Hall–Kier alpha value is -1.17. The Labute approximate surface area is 79.6 Å². The number of hydrogen-bond acceptors (Lipinski definition) is 2. The van der Waals surface area contributed by atoms with E-state index in [0.717, 1.165) is 0 Å². The van der Waals surface area contributed by atoms with Crippen molar-refractivity contribution in [3.8, 4) is 6.19 Å². The third kappa shape index (κ3) is 7.20. The van der Waals surface area contributed by atoms with Crippen LogP contribution in [0.5, 0.6) is 0 Å². The van der Waals surface area contributed by atoms with E-state index in [1.807, 2.05) is 0 Å². The topological polar surface area (TPSA) is 58.5 Å². The van der Waals surface area contributed by atoms with Crippen molar-refractivity contribution in [2.24, 2.45) is 4.99 Å². The van der Waals surface area contributed by atoms with Gasteiger partial charge >= 0.3 is 0 Å². The zero-order valence-electron chi connectivity index (χ0n) is 8.32. The van der Waals surface area contributed by atoms with E-state index in [1.165, 1.54) is 49.2 Å². The summed E-state index contributed by atoms with van der Waals surface area (Å²) in [6, 6.07) is 1.28. The van der Waals surface area contributed by atoms with Gasteiger partial charge < -0.3 is 14.9 Å². The molecule has 72 valence electrons. The Balaban J connectivity index is 0.000000252. The highest BCUT2D eigenvalue weighted by atomic mass is 15.4. The molecule has 0 atom stereocenters. The second kappa shape index (κ2) is 6.36. The van der Waals surface area contributed by atoms with Crippen molar-refractivity contribution in [2.45, 2.75) is 19.8 Å². The molecule has 0 spiro atoms. The van der Waals surface area contributed by atoms with Crippen LogP contribution in [-0.2, 0) is 0 Å². The van der Waals surface area contributed by atoms with Gasteiger partial charge in [-0.25, -0.2) is 0 Å². The number of unbranched alkanes of at least 4 members (excludes halogenated alkanes) is 1. The maximum atomic E-state index is 7.43. The van der Waals surface area contributed by atoms with Crippen molar-refractivity contribution < 1.29 is 4.48 Å². The average molecular weight is 180 g/mol. The van der Waals surface area contributed by atoms with Gasteiger partial charge in [0.05, 0.1) is 19.8 Å². The monoisotopic (exact) mass is 180 g/mol. The highest BCUT2D eigenvalue weighted by Gasteiger charge is 2.35. The van der Waals surface area contributed by atoms with Gasteiger partial charge in [0.25, 0.3) is 0 Å². The Morgan fingerprint density at radius 2 is 2.15 bits per heavy atom. The number of hydrogen-bond donors (Lipinski definition) is 0. The third-order valence-corrected chi connectivity index (χ3v) is 2.14. The number of nitriles is 1. The summed E-state index contributed by atoms with van der Waals surface area (Å²) < 4.78 is 1.36. The molecule has 0 aromatic carbocycles. The van der Waals surface area contributed by atoms with Gasteiger partial charge in [0.15, 0.2) is 0 Å². The molecule has 0 amide bonds. The lowest BCUT2D eigenvalue weighted by atomic mass is 10.3. The van der Waals surface area contributed by atoms with Crippen molar-refractivity contribution in [1.82, 2.24) is 0 Å². The first kappa shape index (κ1) is 11.8. The summed E-state index contributed by atoms with van der Waals surface area (Å²) in [5, 5.41) is 14.9. The van der Waals surface area contributed by atoms with Crippen LogP contribution in [0.25, 0.3) is 5.41 Å². The lowest BCUT2D eigenvalue weighted by Crippen LogP contribution is -2.20. The largest absolute Gasteiger partial charge is 0.422 e. The molecule has 0 saturated carbocycles. The maximum Gasteiger partial charge on any atom is 0.128 e. The molecule has 0 bridgehead atoms. The van der Waals surface area contributed by atoms with Gasteiger partial charge in [-0.3, -0.25) is 0 Å². The predicted molar refractivity (Wildman–Crippen MR) is 52.1 cm³/mol. The molecule has 0 aliphatic carbocycles. The predicted octanol–water partition coefficient (Wildman–Crippen LogP) is 1.46. The van der Waals surface area contributed by atoms with E-state index in [9.17, 15) is 0 Å². The molecule has 1 rings (SSSR count). The van der Waals surface area contributed by atoms with E-state index in [0.29, 0.717) is 0 Å². The third-order valence-electron chi connectivity index (χ3n) is 2.14. The summed E-state index contributed by atoms with van der Waals surface area (Å²) in [5.74, 6) is 0. The lowest BCUT2D eigenvalue weighted by Gasteiger charge is -2.08. The smallest absolute Gasteiger partial charge is 0.128 e. The van der Waals surface area contributed by atoms with Crippen molar-refractivity contribution in [2.75, 3.05) is 26.7 Å². The van der Waals surface area contributed by atoms with Gasteiger partial charge in [0.2, 0.25) is 0 Å². The maximum absolute atomic E-state index is 7.43. The molecule has 0 aromatic rings. The van der Waals surface area contributed by atoms with E-state index in [1.54, 1.807) is 0 Å². The summed E-state index contributed by atoms with van der Waals surface area (Å²) in [6.45, 7) is 6.53. The fraction of sp³-hybridized carbons (Fsp3) is 0.778. The number of quaternary nitrogens is 1. The first-order chi connectivity index (χ1) is 6.18. The minimum absolute atomic E-state index is 1.28. The quantitative estimate of drug-likeness (QED) is 0.281. The van der Waals surface area contributed by atoms with Crippen LogP contribution in [0.15, 0.2) is 4.99 Å². The van der Waals surface area contributed by atoms with Crippen LogP contribution >= 0.6 is 0 Å². The first-order valence-electron chi connectivity index (χ1n) is 4.50. The first-order valence-corrected chi connectivity index (χ1v) is 4.50. The zero-order valence-corrected chi connectivity index (χ0v) is 8.32. The Bertz CT molecular complexity index is 218. The summed E-state index contributed by atoms with van der Waals surface area (Å²) in [4.78, 5) is 2.58. The van der Waals surface area contributed by atoms with Crippen LogP contribution in [-0.4, -0.2) is 37.2 Å². The van der Waals surface area contributed by atoms with Crippen molar-refractivity contribution in [3.63, 3.8) is 0 Å². The fourth-order valence-electron chi connectivity index (χ4n) is 0.957. The molecule has 1 aliphatic heterocycles. The number of rotatable bonds is 3. The van der Waals surface area contributed by atoms with Crippen molar-refractivity contribution in [1.29, 1.82) is 5.26 Å². The minimum Gasteiger partial charge on any atom is -0.422 e. The van der Waals surface area contributed by atoms with Crippen LogP contribution in [0.1, 0.15) is 19.8 Å². The molecule has 0 aromatic heterocycles. The van der Waals surface area contributed by atoms with Gasteiger partial charge in [-0.05, 0) is 6.42 Å². The standard InChI is InChI=1S/C7H16N.C2N3/c1-3-4-5-8(2)6-7-8;3-1-5-2-4/h3-7H2,1-2H3;/q+1;-1.